The number of nitrogens with one attached hydrogen (secondary N) is 2. The van der Waals surface area contributed by atoms with Crippen LogP contribution in [0.4, 0.5) is 0 Å². The van der Waals surface area contributed by atoms with Crippen molar-refractivity contribution in [2.45, 2.75) is 32.6 Å². The second kappa shape index (κ2) is 14.4. The van der Waals surface area contributed by atoms with E-state index < -0.39 is 23.7 Å². The number of carbonyl (C=O) groups is 4. The first-order valence-corrected chi connectivity index (χ1v) is 8.35. The average Bonchev–Trinajstić information content (AvgIpc) is 2.58. The van der Waals surface area contributed by atoms with Gasteiger partial charge in [-0.15, -0.1) is 0 Å². The van der Waals surface area contributed by atoms with Crippen LogP contribution in [0, 0.1) is 5.92 Å². The van der Waals surface area contributed by atoms with Crippen LogP contribution in [0.25, 0.3) is 0 Å². The lowest BCUT2D eigenvalue weighted by Gasteiger charge is -2.15. The van der Waals surface area contributed by atoms with Gasteiger partial charge in [-0.3, -0.25) is 19.2 Å². The van der Waals surface area contributed by atoms with E-state index in [-0.39, 0.29) is 38.5 Å². The zero-order valence-electron chi connectivity index (χ0n) is 15.0. The van der Waals surface area contributed by atoms with Crippen LogP contribution < -0.4 is 16.4 Å². The van der Waals surface area contributed by atoms with Gasteiger partial charge in [-0.25, -0.2) is 0 Å². The largest absolute Gasteiger partial charge is 0.466 e. The molecule has 0 spiro atoms. The third-order valence-corrected chi connectivity index (χ3v) is 3.30. The Morgan fingerprint density at radius 1 is 1.04 bits per heavy atom. The van der Waals surface area contributed by atoms with Crippen molar-refractivity contribution < 1.29 is 28.7 Å². The van der Waals surface area contributed by atoms with Gasteiger partial charge in [0, 0.05) is 13.5 Å². The van der Waals surface area contributed by atoms with Crippen molar-refractivity contribution in [3.05, 3.63) is 0 Å². The van der Waals surface area contributed by atoms with Crippen LogP contribution in [-0.4, -0.2) is 63.5 Å². The summed E-state index contributed by atoms with van der Waals surface area (Å²) < 4.78 is 9.59. The molecule has 0 aromatic rings. The van der Waals surface area contributed by atoms with Gasteiger partial charge in [-0.05, 0) is 26.3 Å². The lowest BCUT2D eigenvalue weighted by Crippen LogP contribution is -2.40. The van der Waals surface area contributed by atoms with Crippen molar-refractivity contribution in [1.82, 2.24) is 10.6 Å². The number of rotatable bonds is 14. The van der Waals surface area contributed by atoms with E-state index in [1.54, 1.807) is 6.92 Å². The second-order valence-electron chi connectivity index (χ2n) is 5.46. The van der Waals surface area contributed by atoms with Crippen LogP contribution in [0.15, 0.2) is 0 Å². The third-order valence-electron chi connectivity index (χ3n) is 3.30. The van der Waals surface area contributed by atoms with Crippen molar-refractivity contribution in [1.29, 1.82) is 0 Å². The van der Waals surface area contributed by atoms with E-state index in [4.69, 9.17) is 10.5 Å². The Balaban J connectivity index is 4.24. The van der Waals surface area contributed by atoms with E-state index in [1.165, 1.54) is 7.11 Å². The van der Waals surface area contributed by atoms with Crippen LogP contribution >= 0.6 is 0 Å². The fourth-order valence-corrected chi connectivity index (χ4v) is 2.07. The van der Waals surface area contributed by atoms with Crippen LogP contribution in [0.2, 0.25) is 0 Å². The lowest BCUT2D eigenvalue weighted by atomic mass is 9.96. The number of hydrogen-bond acceptors (Lipinski definition) is 7. The molecule has 0 aliphatic rings. The molecule has 144 valence electrons. The highest BCUT2D eigenvalue weighted by Crippen LogP contribution is 2.15. The molecule has 0 fully saturated rings. The quantitative estimate of drug-likeness (QED) is 0.271. The maximum Gasteiger partial charge on any atom is 0.309 e. The Hall–Kier alpha value is -2.00. The Kier molecular flexibility index (Phi) is 13.2. The Morgan fingerprint density at radius 2 is 1.72 bits per heavy atom. The molecule has 0 unspecified atom stereocenters. The number of methoxy groups -OCH3 is 1. The first-order chi connectivity index (χ1) is 11.9. The minimum absolute atomic E-state index is 0.000279. The molecule has 0 aliphatic heterocycles. The molecule has 0 aromatic carbocycles. The molecule has 25 heavy (non-hydrogen) atoms. The molecule has 0 aliphatic carbocycles. The highest BCUT2D eigenvalue weighted by atomic mass is 16.5. The maximum atomic E-state index is 12.0. The fraction of sp³-hybridized carbons (Fsp3) is 0.750. The molecule has 1 atom stereocenters. The van der Waals surface area contributed by atoms with Gasteiger partial charge >= 0.3 is 5.97 Å². The van der Waals surface area contributed by atoms with Gasteiger partial charge in [0.2, 0.25) is 11.8 Å². The summed E-state index contributed by atoms with van der Waals surface area (Å²) in [6.45, 7) is 1.89. The van der Waals surface area contributed by atoms with E-state index in [2.05, 4.69) is 15.4 Å². The molecule has 0 radical (unpaired) electrons. The summed E-state index contributed by atoms with van der Waals surface area (Å²) in [6.07, 6.45) is 2.01. The summed E-state index contributed by atoms with van der Waals surface area (Å²) in [4.78, 5) is 46.6. The van der Waals surface area contributed by atoms with Gasteiger partial charge in [-0.1, -0.05) is 6.42 Å². The molecule has 0 heterocycles. The van der Waals surface area contributed by atoms with Gasteiger partial charge in [0.15, 0.2) is 5.78 Å². The van der Waals surface area contributed by atoms with Crippen LogP contribution in [0.5, 0.6) is 0 Å². The van der Waals surface area contributed by atoms with E-state index >= 15 is 0 Å². The van der Waals surface area contributed by atoms with Gasteiger partial charge in [0.25, 0.3) is 0 Å². The van der Waals surface area contributed by atoms with Crippen LogP contribution in [0.1, 0.15) is 32.6 Å². The van der Waals surface area contributed by atoms with Crippen molar-refractivity contribution in [3.8, 4) is 0 Å². The molecule has 0 bridgehead atoms. The minimum Gasteiger partial charge on any atom is -0.466 e. The molecule has 0 saturated carbocycles. The number of ketones is 1. The van der Waals surface area contributed by atoms with Crippen molar-refractivity contribution in [2.75, 3.05) is 40.0 Å². The second-order valence-corrected chi connectivity index (χ2v) is 5.46. The zero-order valence-corrected chi connectivity index (χ0v) is 15.0. The predicted octanol–water partition coefficient (Wildman–Crippen LogP) is -0.867. The summed E-state index contributed by atoms with van der Waals surface area (Å²) >= 11 is 0. The number of esters is 1. The first-order valence-electron chi connectivity index (χ1n) is 8.35. The van der Waals surface area contributed by atoms with Gasteiger partial charge < -0.3 is 25.8 Å². The molecule has 0 rings (SSSR count). The van der Waals surface area contributed by atoms with Gasteiger partial charge in [0.05, 0.1) is 25.6 Å². The summed E-state index contributed by atoms with van der Waals surface area (Å²) in [7, 11) is 1.37. The van der Waals surface area contributed by atoms with Crippen molar-refractivity contribution >= 4 is 23.6 Å². The lowest BCUT2D eigenvalue weighted by molar-refractivity contribution is -0.149. The summed E-state index contributed by atoms with van der Waals surface area (Å²) in [5, 5.41) is 4.75. The number of hydrogen-bond donors (Lipinski definition) is 3. The molecule has 0 aromatic heterocycles. The normalized spacial score (nSPS) is 11.5. The third kappa shape index (κ3) is 12.1. The first kappa shape index (κ1) is 23.0. The molecule has 9 heteroatoms. The SMILES string of the molecule is CCOC(=O)[C@H](CCCCN)CC(=O)CNC(=O)CNC(=O)COC. The highest BCUT2D eigenvalue weighted by Gasteiger charge is 2.22. The van der Waals surface area contributed by atoms with Crippen LogP contribution in [0.3, 0.4) is 0 Å². The Labute approximate surface area is 148 Å². The summed E-state index contributed by atoms with van der Waals surface area (Å²) in [6, 6.07) is 0. The van der Waals surface area contributed by atoms with E-state index in [1.807, 2.05) is 0 Å². The molecule has 4 N–H and O–H groups in total. The van der Waals surface area contributed by atoms with Crippen molar-refractivity contribution in [3.63, 3.8) is 0 Å². The zero-order chi connectivity index (χ0) is 19.1. The van der Waals surface area contributed by atoms with Gasteiger partial charge in [0.1, 0.15) is 6.61 Å². The number of carbonyl (C=O) groups excluding carboxylic acids is 4. The van der Waals surface area contributed by atoms with Gasteiger partial charge in [-0.2, -0.15) is 0 Å². The summed E-state index contributed by atoms with van der Waals surface area (Å²) in [5.41, 5.74) is 5.43. The van der Waals surface area contributed by atoms with E-state index in [9.17, 15) is 19.2 Å². The molecule has 0 saturated heterocycles. The van der Waals surface area contributed by atoms with Crippen LogP contribution in [-0.2, 0) is 28.7 Å². The number of ether oxygens (including phenoxy) is 2. The summed E-state index contributed by atoms with van der Waals surface area (Å²) in [5.74, 6) is -2.13. The topological polar surface area (TPSA) is 137 Å². The highest BCUT2D eigenvalue weighted by molar-refractivity contribution is 5.90. The number of Topliss-reactive ketones (excluding diaryl/α,β-unsaturated/α-hetero) is 1. The Bertz CT molecular complexity index is 442. The number of amides is 2. The average molecular weight is 359 g/mol. The fourth-order valence-electron chi connectivity index (χ4n) is 2.07. The monoisotopic (exact) mass is 359 g/mol. The Morgan fingerprint density at radius 3 is 2.32 bits per heavy atom. The number of unbranched alkanes of at least 4 members (excludes halogenated alkanes) is 1. The minimum atomic E-state index is -0.530. The van der Waals surface area contributed by atoms with E-state index in [0.29, 0.717) is 13.0 Å². The van der Waals surface area contributed by atoms with E-state index in [0.717, 1.165) is 12.8 Å². The molecular formula is C16H29N3O6. The maximum absolute atomic E-state index is 12.0. The standard InChI is InChI=1S/C16H29N3O6/c1-3-25-16(23)12(6-4-5-7-17)8-13(20)9-18-14(21)10-19-15(22)11-24-2/h12H,3-11,17H2,1-2H3,(H,18,21)(H,19,22)/t12-/m1/s1. The number of nitrogens with two attached hydrogens (primary N) is 1. The molecule has 2 amide bonds. The predicted molar refractivity (Wildman–Crippen MR) is 90.5 cm³/mol. The smallest absolute Gasteiger partial charge is 0.309 e. The van der Waals surface area contributed by atoms with Crippen molar-refractivity contribution in [2.24, 2.45) is 11.7 Å². The molecular weight excluding hydrogens is 330 g/mol. The molecule has 9 nitrogen and oxygen atoms in total.